The monoisotopic (exact) mass is 189 g/mol. The first-order valence-electron chi connectivity index (χ1n) is 4.81. The summed E-state index contributed by atoms with van der Waals surface area (Å²) in [7, 11) is 0. The maximum absolute atomic E-state index is 4.54. The number of rotatable bonds is 0. The van der Waals surface area contributed by atoms with E-state index < -0.39 is 0 Å². The highest BCUT2D eigenvalue weighted by atomic mass is 15.3. The smallest absolute Gasteiger partial charge is 0.111 e. The molecule has 0 radical (unpaired) electrons. The first kappa shape index (κ1) is 9.19. The van der Waals surface area contributed by atoms with E-state index in [1.54, 1.807) is 0 Å². The third kappa shape index (κ3) is 1.29. The van der Waals surface area contributed by atoms with Crippen molar-refractivity contribution >= 4 is 11.0 Å². The van der Waals surface area contributed by atoms with E-state index in [0.29, 0.717) is 0 Å². The minimum Gasteiger partial charge on any atom is -0.262 e. The number of nitrogens with zero attached hydrogens (tertiary/aromatic N) is 3. The van der Waals surface area contributed by atoms with Gasteiger partial charge in [0.25, 0.3) is 0 Å². The van der Waals surface area contributed by atoms with Gasteiger partial charge in [0.05, 0.1) is 11.2 Å². The molecule has 3 heteroatoms. The third-order valence-electron chi connectivity index (χ3n) is 2.29. The van der Waals surface area contributed by atoms with Crippen LogP contribution < -0.4 is 0 Å². The first-order chi connectivity index (χ1) is 6.50. The Hall–Kier alpha value is -1.38. The van der Waals surface area contributed by atoms with Crippen molar-refractivity contribution in [2.45, 2.75) is 33.2 Å². The summed E-state index contributed by atoms with van der Waals surface area (Å²) in [4.78, 5) is 4.33. The predicted octanol–water partition coefficient (Wildman–Crippen LogP) is 2.49. The van der Waals surface area contributed by atoms with Gasteiger partial charge in [-0.15, -0.1) is 0 Å². The van der Waals surface area contributed by atoms with E-state index in [0.717, 1.165) is 16.7 Å². The van der Waals surface area contributed by atoms with Gasteiger partial charge in [-0.2, -0.15) is 5.10 Å². The van der Waals surface area contributed by atoms with Gasteiger partial charge < -0.3 is 0 Å². The molecule has 0 N–H and O–H groups in total. The van der Waals surface area contributed by atoms with Crippen LogP contribution in [-0.2, 0) is 5.54 Å². The molecule has 0 aromatic carbocycles. The molecule has 3 nitrogen and oxygen atoms in total. The largest absolute Gasteiger partial charge is 0.262 e. The highest BCUT2D eigenvalue weighted by Gasteiger charge is 2.18. The van der Waals surface area contributed by atoms with Crippen molar-refractivity contribution in [3.05, 3.63) is 24.0 Å². The fourth-order valence-electron chi connectivity index (χ4n) is 1.69. The molecule has 0 unspecified atom stereocenters. The number of aryl methyl sites for hydroxylation is 1. The summed E-state index contributed by atoms with van der Waals surface area (Å²) in [5.41, 5.74) is 3.13. The summed E-state index contributed by atoms with van der Waals surface area (Å²) >= 11 is 0. The zero-order valence-corrected chi connectivity index (χ0v) is 9.07. The Balaban J connectivity index is 2.75. The normalized spacial score (nSPS) is 12.3. The Morgan fingerprint density at radius 3 is 2.57 bits per heavy atom. The quantitative estimate of drug-likeness (QED) is 0.637. The molecular formula is C11H15N3. The number of fused-ring (bicyclic) bond motifs is 1. The number of aromatic nitrogens is 3. The fraction of sp³-hybridized carbons (Fsp3) is 0.455. The summed E-state index contributed by atoms with van der Waals surface area (Å²) in [6.45, 7) is 8.50. The van der Waals surface area contributed by atoms with Crippen molar-refractivity contribution in [2.24, 2.45) is 0 Å². The summed E-state index contributed by atoms with van der Waals surface area (Å²) < 4.78 is 2.03. The van der Waals surface area contributed by atoms with Gasteiger partial charge in [-0.25, -0.2) is 0 Å². The molecular weight excluding hydrogens is 174 g/mol. The Morgan fingerprint density at radius 1 is 1.29 bits per heavy atom. The molecule has 14 heavy (non-hydrogen) atoms. The van der Waals surface area contributed by atoms with Crippen molar-refractivity contribution in [1.29, 1.82) is 0 Å². The van der Waals surface area contributed by atoms with Gasteiger partial charge in [0.2, 0.25) is 0 Å². The molecule has 0 aliphatic carbocycles. The van der Waals surface area contributed by atoms with E-state index in [-0.39, 0.29) is 5.54 Å². The van der Waals surface area contributed by atoms with Gasteiger partial charge in [-0.3, -0.25) is 9.67 Å². The van der Waals surface area contributed by atoms with Crippen molar-refractivity contribution in [2.75, 3.05) is 0 Å². The average molecular weight is 189 g/mol. The Labute approximate surface area is 83.8 Å². The van der Waals surface area contributed by atoms with Crippen molar-refractivity contribution in [1.82, 2.24) is 14.8 Å². The SMILES string of the molecule is Cc1c2ncccc2nn1C(C)(C)C. The van der Waals surface area contributed by atoms with Crippen LogP contribution in [0.2, 0.25) is 0 Å². The van der Waals surface area contributed by atoms with Crippen LogP contribution in [0.5, 0.6) is 0 Å². The van der Waals surface area contributed by atoms with Crippen LogP contribution in [0.3, 0.4) is 0 Å². The van der Waals surface area contributed by atoms with Crippen molar-refractivity contribution < 1.29 is 0 Å². The zero-order valence-electron chi connectivity index (χ0n) is 9.07. The van der Waals surface area contributed by atoms with Gasteiger partial charge in [0.1, 0.15) is 11.0 Å². The third-order valence-corrected chi connectivity index (χ3v) is 2.29. The molecule has 2 aromatic heterocycles. The Kier molecular flexibility index (Phi) is 1.84. The highest BCUT2D eigenvalue weighted by Crippen LogP contribution is 2.21. The highest BCUT2D eigenvalue weighted by molar-refractivity contribution is 5.76. The molecule has 0 bridgehead atoms. The van der Waals surface area contributed by atoms with Crippen molar-refractivity contribution in [3.8, 4) is 0 Å². The maximum Gasteiger partial charge on any atom is 0.111 e. The lowest BCUT2D eigenvalue weighted by Crippen LogP contribution is -2.24. The molecule has 2 heterocycles. The van der Waals surface area contributed by atoms with Crippen LogP contribution in [0.1, 0.15) is 26.5 Å². The molecule has 2 rings (SSSR count). The van der Waals surface area contributed by atoms with Crippen molar-refractivity contribution in [3.63, 3.8) is 0 Å². The van der Waals surface area contributed by atoms with Gasteiger partial charge >= 0.3 is 0 Å². The minimum atomic E-state index is 0.0186. The first-order valence-corrected chi connectivity index (χ1v) is 4.81. The number of hydrogen-bond donors (Lipinski definition) is 0. The molecule has 0 saturated heterocycles. The molecule has 0 saturated carbocycles. The Morgan fingerprint density at radius 2 is 2.00 bits per heavy atom. The van der Waals surface area contributed by atoms with Crippen LogP contribution in [-0.4, -0.2) is 14.8 Å². The number of hydrogen-bond acceptors (Lipinski definition) is 2. The molecule has 0 aliphatic heterocycles. The van der Waals surface area contributed by atoms with Crippen LogP contribution in [0.15, 0.2) is 18.3 Å². The second-order valence-corrected chi connectivity index (χ2v) is 4.54. The summed E-state index contributed by atoms with van der Waals surface area (Å²) in [5.74, 6) is 0. The molecule has 0 spiro atoms. The summed E-state index contributed by atoms with van der Waals surface area (Å²) in [6.07, 6.45) is 1.81. The second-order valence-electron chi connectivity index (χ2n) is 4.54. The van der Waals surface area contributed by atoms with Gasteiger partial charge in [-0.05, 0) is 39.8 Å². The van der Waals surface area contributed by atoms with Crippen LogP contribution in [0, 0.1) is 6.92 Å². The van der Waals surface area contributed by atoms with Crippen LogP contribution in [0.4, 0.5) is 0 Å². The molecule has 74 valence electrons. The van der Waals surface area contributed by atoms with Crippen LogP contribution in [0.25, 0.3) is 11.0 Å². The standard InChI is InChI=1S/C11H15N3/c1-8-10-9(6-5-7-12-10)13-14(8)11(2,3)4/h5-7H,1-4H3. The van der Waals surface area contributed by atoms with E-state index in [4.69, 9.17) is 0 Å². The van der Waals surface area contributed by atoms with E-state index in [1.807, 2.05) is 23.0 Å². The minimum absolute atomic E-state index is 0.0186. The molecule has 0 aliphatic rings. The average Bonchev–Trinajstić information content (AvgIpc) is 2.44. The Bertz CT molecular complexity index is 463. The fourth-order valence-corrected chi connectivity index (χ4v) is 1.69. The summed E-state index contributed by atoms with van der Waals surface area (Å²) in [6, 6.07) is 3.92. The maximum atomic E-state index is 4.54. The molecule has 0 fully saturated rings. The molecule has 0 amide bonds. The molecule has 0 atom stereocenters. The topological polar surface area (TPSA) is 30.7 Å². The lowest BCUT2D eigenvalue weighted by Gasteiger charge is -2.20. The van der Waals surface area contributed by atoms with E-state index in [9.17, 15) is 0 Å². The zero-order chi connectivity index (χ0) is 10.3. The van der Waals surface area contributed by atoms with Gasteiger partial charge in [0.15, 0.2) is 0 Å². The lowest BCUT2D eigenvalue weighted by atomic mass is 10.1. The van der Waals surface area contributed by atoms with E-state index >= 15 is 0 Å². The van der Waals surface area contributed by atoms with E-state index in [2.05, 4.69) is 37.8 Å². The lowest BCUT2D eigenvalue weighted by molar-refractivity contribution is 0.350. The second kappa shape index (κ2) is 2.80. The van der Waals surface area contributed by atoms with Gasteiger partial charge in [0, 0.05) is 6.20 Å². The molecule has 2 aromatic rings. The van der Waals surface area contributed by atoms with E-state index in [1.165, 1.54) is 0 Å². The van der Waals surface area contributed by atoms with Gasteiger partial charge in [-0.1, -0.05) is 0 Å². The van der Waals surface area contributed by atoms with Crippen LogP contribution >= 0.6 is 0 Å². The number of pyridine rings is 1. The summed E-state index contributed by atoms with van der Waals surface area (Å²) in [5, 5.41) is 4.54. The predicted molar refractivity (Wildman–Crippen MR) is 57.3 cm³/mol.